The van der Waals surface area contributed by atoms with E-state index in [4.69, 9.17) is 0 Å². The fraction of sp³-hybridized carbons (Fsp3) is 0.357. The number of hydrogen-bond donors (Lipinski definition) is 0. The van der Waals surface area contributed by atoms with Gasteiger partial charge in [0, 0.05) is 0 Å². The summed E-state index contributed by atoms with van der Waals surface area (Å²) in [6, 6.07) is 32.1. The molecule has 2 fully saturated rings. The van der Waals surface area contributed by atoms with Crippen LogP contribution in [0.2, 0.25) is 0 Å². The van der Waals surface area contributed by atoms with Crippen LogP contribution in [0.3, 0.4) is 0 Å². The van der Waals surface area contributed by atoms with E-state index in [1.54, 1.807) is 10.6 Å². The summed E-state index contributed by atoms with van der Waals surface area (Å²) in [5.74, 6) is 0. The van der Waals surface area contributed by atoms with E-state index in [1.807, 2.05) is 0 Å². The van der Waals surface area contributed by atoms with Gasteiger partial charge in [-0.3, -0.25) is 0 Å². The van der Waals surface area contributed by atoms with Crippen molar-refractivity contribution in [2.75, 3.05) is 12.3 Å². The van der Waals surface area contributed by atoms with Crippen LogP contribution in [0.15, 0.2) is 84.9 Å². The zero-order chi connectivity index (χ0) is 20.2. The second-order valence-corrected chi connectivity index (χ2v) is 14.0. The SMILES string of the molecule is c1ccc(CC2CCCP2c2ccccc2P2CCCC2Cc2ccccc2)cc1. The molecule has 3 aromatic carbocycles. The van der Waals surface area contributed by atoms with Crippen molar-refractivity contribution in [3.8, 4) is 0 Å². The topological polar surface area (TPSA) is 0 Å². The monoisotopic (exact) mass is 430 g/mol. The Hall–Kier alpha value is -1.48. The van der Waals surface area contributed by atoms with Gasteiger partial charge in [-0.25, -0.2) is 0 Å². The third-order valence-corrected chi connectivity index (χ3v) is 13.3. The predicted molar refractivity (Wildman–Crippen MR) is 136 cm³/mol. The quantitative estimate of drug-likeness (QED) is 0.381. The largest absolute Gasteiger partial charge is 0.0711 e. The van der Waals surface area contributed by atoms with Gasteiger partial charge in [0.15, 0.2) is 0 Å². The Labute approximate surface area is 184 Å². The van der Waals surface area contributed by atoms with E-state index in [-0.39, 0.29) is 15.8 Å². The van der Waals surface area contributed by atoms with Crippen LogP contribution in [0.4, 0.5) is 0 Å². The first kappa shape index (κ1) is 20.4. The average Bonchev–Trinajstić information content (AvgIpc) is 3.45. The Morgan fingerprint density at radius 2 is 0.933 bits per heavy atom. The minimum atomic E-state index is -0.0263. The summed E-state index contributed by atoms with van der Waals surface area (Å²) in [5.41, 5.74) is 4.80. The normalized spacial score (nSPS) is 26.1. The second kappa shape index (κ2) is 9.77. The molecule has 0 aliphatic carbocycles. The van der Waals surface area contributed by atoms with Crippen molar-refractivity contribution in [3.63, 3.8) is 0 Å². The van der Waals surface area contributed by atoms with Crippen LogP contribution in [-0.2, 0) is 12.8 Å². The van der Waals surface area contributed by atoms with E-state index < -0.39 is 0 Å². The maximum Gasteiger partial charge on any atom is -0.0128 e. The van der Waals surface area contributed by atoms with Crippen molar-refractivity contribution in [1.29, 1.82) is 0 Å². The molecule has 0 amide bonds. The minimum absolute atomic E-state index is 0.0263. The average molecular weight is 431 g/mol. The van der Waals surface area contributed by atoms with E-state index in [0.29, 0.717) is 0 Å². The van der Waals surface area contributed by atoms with E-state index in [1.165, 1.54) is 62.0 Å². The third-order valence-electron chi connectivity index (χ3n) is 6.88. The van der Waals surface area contributed by atoms with E-state index >= 15 is 0 Å². The van der Waals surface area contributed by atoms with Crippen molar-refractivity contribution in [1.82, 2.24) is 0 Å². The minimum Gasteiger partial charge on any atom is -0.0711 e. The van der Waals surface area contributed by atoms with Crippen molar-refractivity contribution in [2.24, 2.45) is 0 Å². The molecule has 2 heteroatoms. The van der Waals surface area contributed by atoms with Gasteiger partial charge in [0.05, 0.1) is 0 Å². The highest BCUT2D eigenvalue weighted by molar-refractivity contribution is 7.73. The molecule has 154 valence electrons. The molecule has 0 spiro atoms. The number of hydrogen-bond acceptors (Lipinski definition) is 0. The van der Waals surface area contributed by atoms with Gasteiger partial charge in [-0.2, -0.15) is 0 Å². The van der Waals surface area contributed by atoms with Crippen LogP contribution in [0.5, 0.6) is 0 Å². The first-order valence-electron chi connectivity index (χ1n) is 11.6. The van der Waals surface area contributed by atoms with Gasteiger partial charge in [0.1, 0.15) is 0 Å². The van der Waals surface area contributed by atoms with Crippen LogP contribution in [-0.4, -0.2) is 23.6 Å². The molecule has 2 saturated heterocycles. The van der Waals surface area contributed by atoms with Crippen LogP contribution >= 0.6 is 15.8 Å². The maximum absolute atomic E-state index is 2.52. The molecule has 2 aliphatic heterocycles. The number of benzene rings is 3. The first-order chi connectivity index (χ1) is 14.9. The fourth-order valence-corrected chi connectivity index (χ4v) is 12.4. The van der Waals surface area contributed by atoms with Crippen LogP contribution < -0.4 is 10.6 Å². The van der Waals surface area contributed by atoms with E-state index in [9.17, 15) is 0 Å². The van der Waals surface area contributed by atoms with Crippen molar-refractivity contribution in [2.45, 2.75) is 49.8 Å². The molecule has 0 radical (unpaired) electrons. The maximum atomic E-state index is 2.52. The lowest BCUT2D eigenvalue weighted by Crippen LogP contribution is -2.28. The van der Waals surface area contributed by atoms with Gasteiger partial charge in [-0.15, -0.1) is 0 Å². The lowest BCUT2D eigenvalue weighted by Gasteiger charge is -2.28. The Balaban J connectivity index is 1.39. The molecule has 0 aromatic heterocycles. The molecule has 3 aromatic rings. The molecular formula is C28H32P2. The summed E-state index contributed by atoms with van der Waals surface area (Å²) in [5, 5.41) is 3.55. The molecule has 0 nitrogen and oxygen atoms in total. The van der Waals surface area contributed by atoms with E-state index in [0.717, 1.165) is 11.3 Å². The summed E-state index contributed by atoms with van der Waals surface area (Å²) < 4.78 is 0. The lowest BCUT2D eigenvalue weighted by molar-refractivity contribution is 0.774. The zero-order valence-electron chi connectivity index (χ0n) is 17.8. The van der Waals surface area contributed by atoms with Crippen LogP contribution in [0, 0.1) is 0 Å². The highest BCUT2D eigenvalue weighted by Crippen LogP contribution is 2.55. The Kier molecular flexibility index (Phi) is 6.65. The van der Waals surface area contributed by atoms with Crippen molar-refractivity contribution in [3.05, 3.63) is 96.1 Å². The third kappa shape index (κ3) is 4.56. The first-order valence-corrected chi connectivity index (χ1v) is 14.8. The fourth-order valence-electron chi connectivity index (χ4n) is 5.45. The summed E-state index contributed by atoms with van der Waals surface area (Å²) in [6.45, 7) is 0. The van der Waals surface area contributed by atoms with Crippen molar-refractivity contribution < 1.29 is 0 Å². The molecule has 2 heterocycles. The molecule has 2 aliphatic rings. The predicted octanol–water partition coefficient (Wildman–Crippen LogP) is 6.71. The summed E-state index contributed by atoms with van der Waals surface area (Å²) in [6.07, 6.45) is 11.1. The zero-order valence-corrected chi connectivity index (χ0v) is 19.6. The van der Waals surface area contributed by atoms with Gasteiger partial charge in [0.2, 0.25) is 0 Å². The lowest BCUT2D eigenvalue weighted by atomic mass is 10.1. The van der Waals surface area contributed by atoms with Crippen molar-refractivity contribution >= 4 is 26.5 Å². The molecule has 0 N–H and O–H groups in total. The van der Waals surface area contributed by atoms with Gasteiger partial charge in [-0.05, 0) is 83.9 Å². The highest BCUT2D eigenvalue weighted by Gasteiger charge is 2.34. The standard InChI is InChI=1S/C28H32P2/c1-3-11-23(12-4-1)21-25-15-9-19-29(25)27-17-7-8-18-28(27)30-20-10-16-26(30)22-24-13-5-2-6-14-24/h1-8,11-14,17-18,25-26H,9-10,15-16,19-22H2. The summed E-state index contributed by atoms with van der Waals surface area (Å²) >= 11 is 0. The second-order valence-electron chi connectivity index (χ2n) is 8.85. The van der Waals surface area contributed by atoms with E-state index in [2.05, 4.69) is 84.9 Å². The molecule has 30 heavy (non-hydrogen) atoms. The molecule has 4 unspecified atom stereocenters. The molecule has 4 atom stereocenters. The highest BCUT2D eigenvalue weighted by atomic mass is 31.1. The Morgan fingerprint density at radius 3 is 1.37 bits per heavy atom. The molecule has 0 saturated carbocycles. The smallest absolute Gasteiger partial charge is 0.0128 e. The van der Waals surface area contributed by atoms with Gasteiger partial charge in [0.25, 0.3) is 0 Å². The molecular weight excluding hydrogens is 398 g/mol. The summed E-state index contributed by atoms with van der Waals surface area (Å²) in [4.78, 5) is 0. The van der Waals surface area contributed by atoms with Crippen LogP contribution in [0.1, 0.15) is 36.8 Å². The Bertz CT molecular complexity index is 859. The molecule has 5 rings (SSSR count). The number of rotatable bonds is 6. The van der Waals surface area contributed by atoms with Gasteiger partial charge in [-0.1, -0.05) is 101 Å². The van der Waals surface area contributed by atoms with Gasteiger partial charge >= 0.3 is 0 Å². The molecule has 0 bridgehead atoms. The van der Waals surface area contributed by atoms with Gasteiger partial charge < -0.3 is 0 Å². The summed E-state index contributed by atoms with van der Waals surface area (Å²) in [7, 11) is -0.0527. The van der Waals surface area contributed by atoms with Crippen LogP contribution in [0.25, 0.3) is 0 Å². The Morgan fingerprint density at radius 1 is 0.533 bits per heavy atom.